The highest BCUT2D eigenvalue weighted by Gasteiger charge is 2.46. The summed E-state index contributed by atoms with van der Waals surface area (Å²) >= 11 is 0. The monoisotopic (exact) mass is 383 g/mol. The highest BCUT2D eigenvalue weighted by molar-refractivity contribution is 7.86. The Hall–Kier alpha value is -2.54. The molecule has 0 spiro atoms. The quantitative estimate of drug-likeness (QED) is 0.762. The Morgan fingerprint density at radius 2 is 1.81 bits per heavy atom. The van der Waals surface area contributed by atoms with Crippen LogP contribution in [-0.2, 0) is 10.1 Å². The number of nitrogens with zero attached hydrogens (tertiary/aromatic N) is 3. The molecule has 0 N–H and O–H groups in total. The predicted molar refractivity (Wildman–Crippen MR) is 105 cm³/mol. The maximum absolute atomic E-state index is 11.3. The highest BCUT2D eigenvalue weighted by atomic mass is 32.2. The van der Waals surface area contributed by atoms with Gasteiger partial charge in [-0.05, 0) is 36.2 Å². The van der Waals surface area contributed by atoms with Gasteiger partial charge in [0.2, 0.25) is 0 Å². The number of para-hydroxylation sites is 1. The topological polar surface area (TPSA) is 62.2 Å². The van der Waals surface area contributed by atoms with E-state index in [4.69, 9.17) is 9.18 Å². The molecule has 3 aliphatic rings. The molecule has 1 saturated heterocycles. The first-order chi connectivity index (χ1) is 13.0. The average molecular weight is 383 g/mol. The molecule has 0 radical (unpaired) electrons. The predicted octanol–water partition coefficient (Wildman–Crippen LogP) is 2.42. The molecule has 0 saturated carbocycles. The normalized spacial score (nSPS) is 23.5. The van der Waals surface area contributed by atoms with Crippen LogP contribution in [0.25, 0.3) is 0 Å². The summed E-state index contributed by atoms with van der Waals surface area (Å²) in [5.41, 5.74) is 3.69. The van der Waals surface area contributed by atoms with Crippen LogP contribution in [0, 0.1) is 0 Å². The van der Waals surface area contributed by atoms with E-state index in [2.05, 4.69) is 34.1 Å². The van der Waals surface area contributed by atoms with Crippen molar-refractivity contribution in [2.24, 2.45) is 4.99 Å². The molecular weight excluding hydrogens is 362 g/mol. The van der Waals surface area contributed by atoms with Crippen LogP contribution in [0.15, 0.2) is 53.5 Å². The summed E-state index contributed by atoms with van der Waals surface area (Å²) < 4.78 is 27.6. The first-order valence-electron chi connectivity index (χ1n) is 9.18. The summed E-state index contributed by atoms with van der Waals surface area (Å²) in [4.78, 5) is 9.69. The first kappa shape index (κ1) is 16.6. The van der Waals surface area contributed by atoms with Gasteiger partial charge in [-0.25, -0.2) is 0 Å². The Kier molecular flexibility index (Phi) is 3.69. The number of anilines is 1. The van der Waals surface area contributed by atoms with E-state index in [0.29, 0.717) is 11.7 Å². The third-order valence-electron chi connectivity index (χ3n) is 5.56. The second kappa shape index (κ2) is 5.99. The average Bonchev–Trinajstić information content (AvgIpc) is 3.28. The van der Waals surface area contributed by atoms with E-state index in [1.54, 1.807) is 12.1 Å². The minimum Gasteiger partial charge on any atom is -0.383 e. The summed E-state index contributed by atoms with van der Waals surface area (Å²) in [6.07, 6.45) is 2.36. The molecule has 27 heavy (non-hydrogen) atoms. The molecule has 140 valence electrons. The van der Waals surface area contributed by atoms with Crippen molar-refractivity contribution in [3.8, 4) is 5.75 Å². The summed E-state index contributed by atoms with van der Waals surface area (Å²) in [5, 5.41) is 0. The lowest BCUT2D eigenvalue weighted by molar-refractivity contribution is 0.310. The summed E-state index contributed by atoms with van der Waals surface area (Å²) in [5.74, 6) is 1.80. The Balaban J connectivity index is 1.49. The van der Waals surface area contributed by atoms with Gasteiger partial charge >= 0.3 is 10.1 Å². The number of fused-ring (bicyclic) bond motifs is 6. The molecule has 7 heteroatoms. The van der Waals surface area contributed by atoms with Crippen LogP contribution < -0.4 is 9.08 Å². The molecule has 1 fully saturated rings. The van der Waals surface area contributed by atoms with E-state index in [9.17, 15) is 8.42 Å². The zero-order valence-electron chi connectivity index (χ0n) is 15.1. The summed E-state index contributed by atoms with van der Waals surface area (Å²) in [6.45, 7) is 2.77. The zero-order chi connectivity index (χ0) is 18.6. The van der Waals surface area contributed by atoms with E-state index in [-0.39, 0.29) is 6.17 Å². The van der Waals surface area contributed by atoms with Gasteiger partial charge in [-0.2, -0.15) is 8.42 Å². The largest absolute Gasteiger partial charge is 0.383 e. The van der Waals surface area contributed by atoms with Gasteiger partial charge in [0, 0.05) is 30.3 Å². The van der Waals surface area contributed by atoms with Crippen molar-refractivity contribution in [1.29, 1.82) is 0 Å². The van der Waals surface area contributed by atoms with E-state index in [1.807, 2.05) is 12.1 Å². The lowest BCUT2D eigenvalue weighted by Crippen LogP contribution is -2.53. The number of rotatable bonds is 3. The van der Waals surface area contributed by atoms with Crippen molar-refractivity contribution in [2.75, 3.05) is 30.8 Å². The molecule has 0 aromatic heterocycles. The third kappa shape index (κ3) is 2.77. The van der Waals surface area contributed by atoms with E-state index < -0.39 is 10.1 Å². The van der Waals surface area contributed by atoms with Crippen molar-refractivity contribution in [3.05, 3.63) is 59.7 Å². The van der Waals surface area contributed by atoms with Gasteiger partial charge in [0.25, 0.3) is 0 Å². The van der Waals surface area contributed by atoms with Crippen LogP contribution in [0.2, 0.25) is 0 Å². The lowest BCUT2D eigenvalue weighted by Gasteiger charge is -2.43. The van der Waals surface area contributed by atoms with Crippen molar-refractivity contribution in [1.82, 2.24) is 4.90 Å². The molecular formula is C20H21N3O3S. The van der Waals surface area contributed by atoms with Crippen molar-refractivity contribution < 1.29 is 12.6 Å². The molecule has 6 nitrogen and oxygen atoms in total. The van der Waals surface area contributed by atoms with Gasteiger partial charge in [0.15, 0.2) is 0 Å². The van der Waals surface area contributed by atoms with Crippen LogP contribution >= 0.6 is 0 Å². The van der Waals surface area contributed by atoms with Crippen LogP contribution in [0.1, 0.15) is 23.5 Å². The number of hydrogen-bond donors (Lipinski definition) is 0. The lowest BCUT2D eigenvalue weighted by atomic mass is 9.93. The van der Waals surface area contributed by atoms with Crippen LogP contribution in [0.5, 0.6) is 5.75 Å². The van der Waals surface area contributed by atoms with E-state index in [0.717, 1.165) is 38.1 Å². The van der Waals surface area contributed by atoms with Gasteiger partial charge < -0.3 is 14.0 Å². The maximum Gasteiger partial charge on any atom is 0.306 e. The maximum atomic E-state index is 11.3. The van der Waals surface area contributed by atoms with Gasteiger partial charge in [-0.15, -0.1) is 0 Å². The molecule has 0 aliphatic carbocycles. The third-order valence-corrected chi connectivity index (χ3v) is 6.06. The molecule has 2 atom stereocenters. The molecule has 2 unspecified atom stereocenters. The van der Waals surface area contributed by atoms with E-state index >= 15 is 0 Å². The van der Waals surface area contributed by atoms with Gasteiger partial charge in [-0.1, -0.05) is 24.3 Å². The molecule has 0 amide bonds. The minimum absolute atomic E-state index is 0.253. The fourth-order valence-corrected chi connectivity index (χ4v) is 5.04. The fraction of sp³-hybridized carbons (Fsp3) is 0.350. The fourth-order valence-electron chi connectivity index (χ4n) is 4.58. The minimum atomic E-state index is -3.51. The zero-order valence-corrected chi connectivity index (χ0v) is 15.9. The van der Waals surface area contributed by atoms with Gasteiger partial charge in [-0.3, -0.25) is 4.99 Å². The van der Waals surface area contributed by atoms with Crippen molar-refractivity contribution in [3.63, 3.8) is 0 Å². The summed E-state index contributed by atoms with van der Waals surface area (Å²) in [6, 6.07) is 16.0. The molecule has 2 aromatic carbocycles. The number of benzene rings is 2. The van der Waals surface area contributed by atoms with Crippen molar-refractivity contribution >= 4 is 21.6 Å². The first-order valence-corrected chi connectivity index (χ1v) is 11.0. The number of hydrogen-bond acceptors (Lipinski definition) is 6. The van der Waals surface area contributed by atoms with Crippen LogP contribution in [0.3, 0.4) is 0 Å². The number of aliphatic imine (C=N–C) groups is 1. The molecule has 2 aromatic rings. The Bertz CT molecular complexity index is 1020. The SMILES string of the molecule is CS(=O)(=O)Oc1ccc(C2CCN3c4ccccc4C4=NCCN4C23)cc1. The molecule has 5 rings (SSSR count). The second-order valence-corrected chi connectivity index (χ2v) is 8.85. The van der Waals surface area contributed by atoms with Gasteiger partial charge in [0.1, 0.15) is 17.8 Å². The Morgan fingerprint density at radius 3 is 2.59 bits per heavy atom. The highest BCUT2D eigenvalue weighted by Crippen LogP contribution is 2.44. The van der Waals surface area contributed by atoms with E-state index in [1.165, 1.54) is 16.8 Å². The molecule has 0 bridgehead atoms. The number of amidine groups is 1. The van der Waals surface area contributed by atoms with Crippen LogP contribution in [0.4, 0.5) is 5.69 Å². The second-order valence-electron chi connectivity index (χ2n) is 7.27. The molecule has 3 heterocycles. The van der Waals surface area contributed by atoms with Gasteiger partial charge in [0.05, 0.1) is 12.8 Å². The summed E-state index contributed by atoms with van der Waals surface area (Å²) in [7, 11) is -3.51. The van der Waals surface area contributed by atoms with Crippen LogP contribution in [-0.4, -0.2) is 51.2 Å². The molecule has 3 aliphatic heterocycles. The van der Waals surface area contributed by atoms with Crippen molar-refractivity contribution in [2.45, 2.75) is 18.5 Å². The Labute approximate surface area is 159 Å². The Morgan fingerprint density at radius 1 is 1.04 bits per heavy atom. The standard InChI is InChI=1S/C20H21N3O3S/c1-27(24,25)26-15-8-6-14(7-9-15)16-10-12-22-18-5-3-2-4-17(18)19-21-11-13-23(19)20(16)22/h2-9,16,20H,10-13H2,1H3. The smallest absolute Gasteiger partial charge is 0.306 e.